The first kappa shape index (κ1) is 22.3. The molecule has 2 fully saturated rings. The number of benzene rings is 1. The van der Waals surface area contributed by atoms with Gasteiger partial charge < -0.3 is 4.74 Å². The maximum Gasteiger partial charge on any atom is 0.0721 e. The van der Waals surface area contributed by atoms with Crippen molar-refractivity contribution in [3.05, 3.63) is 60.2 Å². The van der Waals surface area contributed by atoms with Gasteiger partial charge >= 0.3 is 0 Å². The third kappa shape index (κ3) is 7.45. The lowest BCUT2D eigenvalue weighted by Crippen LogP contribution is -2.17. The van der Waals surface area contributed by atoms with Gasteiger partial charge in [0.2, 0.25) is 0 Å². The molecular formula is C28H42O. The van der Waals surface area contributed by atoms with E-state index in [0.717, 1.165) is 43.3 Å². The molecule has 29 heavy (non-hydrogen) atoms. The van der Waals surface area contributed by atoms with Crippen molar-refractivity contribution in [3.63, 3.8) is 0 Å². The summed E-state index contributed by atoms with van der Waals surface area (Å²) in [5, 5.41) is 0. The standard InChI is InChI=1S/C28H42O/c1-3-5-6-21-29-22-26-15-19-28(20-16-26)27-17-13-25(14-18-27)12-11-24-9-7-23(4-2)8-10-24/h4-6,15-16,19-20,23-25,27H,2-3,7-14,17-18,21-22H2,1H3/b6-5+/t23-,24-,25-,27-. The Balaban J connectivity index is 1.33. The number of hydrogen-bond donors (Lipinski definition) is 0. The zero-order chi connectivity index (χ0) is 20.3. The Morgan fingerprint density at radius 1 is 0.862 bits per heavy atom. The van der Waals surface area contributed by atoms with Crippen LogP contribution in [0.1, 0.15) is 94.6 Å². The molecule has 0 saturated heterocycles. The van der Waals surface area contributed by atoms with Crippen LogP contribution in [0.5, 0.6) is 0 Å². The largest absolute Gasteiger partial charge is 0.373 e. The second-order valence-corrected chi connectivity index (χ2v) is 9.45. The fourth-order valence-electron chi connectivity index (χ4n) is 5.33. The van der Waals surface area contributed by atoms with Gasteiger partial charge in [0, 0.05) is 0 Å². The smallest absolute Gasteiger partial charge is 0.0721 e. The minimum atomic E-state index is 0.718. The highest BCUT2D eigenvalue weighted by molar-refractivity contribution is 5.25. The van der Waals surface area contributed by atoms with Crippen molar-refractivity contribution in [1.29, 1.82) is 0 Å². The van der Waals surface area contributed by atoms with E-state index in [1.54, 1.807) is 5.56 Å². The van der Waals surface area contributed by atoms with Crippen LogP contribution in [0.25, 0.3) is 0 Å². The zero-order valence-electron chi connectivity index (χ0n) is 18.7. The summed E-state index contributed by atoms with van der Waals surface area (Å²) in [5.41, 5.74) is 2.83. The van der Waals surface area contributed by atoms with E-state index in [1.165, 1.54) is 69.8 Å². The quantitative estimate of drug-likeness (QED) is 0.287. The average molecular weight is 395 g/mol. The Bertz CT molecular complexity index is 598. The lowest BCUT2D eigenvalue weighted by Gasteiger charge is -2.31. The van der Waals surface area contributed by atoms with E-state index in [1.807, 2.05) is 0 Å². The third-order valence-electron chi connectivity index (χ3n) is 7.39. The van der Waals surface area contributed by atoms with Gasteiger partial charge in [-0.15, -0.1) is 6.58 Å². The summed E-state index contributed by atoms with van der Waals surface area (Å²) in [6.07, 6.45) is 21.8. The average Bonchev–Trinajstić information content (AvgIpc) is 2.79. The van der Waals surface area contributed by atoms with Crippen LogP contribution in [0.3, 0.4) is 0 Å². The second kappa shape index (κ2) is 12.4. The molecule has 2 saturated carbocycles. The van der Waals surface area contributed by atoms with Crippen LogP contribution in [-0.2, 0) is 11.3 Å². The van der Waals surface area contributed by atoms with Gasteiger partial charge in [-0.25, -0.2) is 0 Å². The predicted molar refractivity (Wildman–Crippen MR) is 125 cm³/mol. The lowest BCUT2D eigenvalue weighted by molar-refractivity contribution is 0.148. The van der Waals surface area contributed by atoms with Crippen LogP contribution < -0.4 is 0 Å². The molecule has 0 aliphatic heterocycles. The van der Waals surface area contributed by atoms with Crippen molar-refractivity contribution in [1.82, 2.24) is 0 Å². The normalized spacial score (nSPS) is 27.9. The first-order valence-electron chi connectivity index (χ1n) is 12.2. The highest BCUT2D eigenvalue weighted by Gasteiger charge is 2.24. The number of rotatable bonds is 10. The first-order valence-corrected chi connectivity index (χ1v) is 12.2. The molecule has 1 aromatic rings. The van der Waals surface area contributed by atoms with Crippen molar-refractivity contribution in [2.75, 3.05) is 6.61 Å². The molecule has 2 aliphatic carbocycles. The lowest BCUT2D eigenvalue weighted by atomic mass is 9.74. The SMILES string of the molecule is C=C[C@H]1CC[C@H](CC[C@H]2CC[C@H](c3ccc(COC/C=C/CC)cc3)CC2)CC1. The summed E-state index contributed by atoms with van der Waals surface area (Å²) < 4.78 is 5.72. The van der Waals surface area contributed by atoms with Gasteiger partial charge in [0.25, 0.3) is 0 Å². The van der Waals surface area contributed by atoms with Crippen molar-refractivity contribution in [2.45, 2.75) is 90.1 Å². The van der Waals surface area contributed by atoms with E-state index in [-0.39, 0.29) is 0 Å². The predicted octanol–water partition coefficient (Wildman–Crippen LogP) is 8.22. The maximum absolute atomic E-state index is 5.72. The molecule has 160 valence electrons. The fourth-order valence-corrected chi connectivity index (χ4v) is 5.33. The van der Waals surface area contributed by atoms with E-state index in [9.17, 15) is 0 Å². The number of hydrogen-bond acceptors (Lipinski definition) is 1. The molecule has 0 radical (unpaired) electrons. The van der Waals surface area contributed by atoms with Gasteiger partial charge in [-0.2, -0.15) is 0 Å². The van der Waals surface area contributed by atoms with Crippen LogP contribution in [0.4, 0.5) is 0 Å². The molecule has 0 N–H and O–H groups in total. The maximum atomic E-state index is 5.72. The molecule has 0 bridgehead atoms. The number of allylic oxidation sites excluding steroid dienone is 2. The van der Waals surface area contributed by atoms with E-state index < -0.39 is 0 Å². The van der Waals surface area contributed by atoms with Gasteiger partial charge in [0.15, 0.2) is 0 Å². The summed E-state index contributed by atoms with van der Waals surface area (Å²) >= 11 is 0. The Kier molecular flexibility index (Phi) is 9.54. The summed E-state index contributed by atoms with van der Waals surface area (Å²) in [6, 6.07) is 9.24. The molecule has 2 aliphatic rings. The van der Waals surface area contributed by atoms with Gasteiger partial charge in [-0.05, 0) is 92.6 Å². The molecule has 0 atom stereocenters. The van der Waals surface area contributed by atoms with Gasteiger partial charge in [-0.3, -0.25) is 0 Å². The first-order chi connectivity index (χ1) is 14.3. The Labute approximate surface area is 179 Å². The van der Waals surface area contributed by atoms with Crippen LogP contribution in [-0.4, -0.2) is 6.61 Å². The molecule has 0 spiro atoms. The molecule has 1 aromatic carbocycles. The molecule has 0 aromatic heterocycles. The Morgan fingerprint density at radius 3 is 2.07 bits per heavy atom. The van der Waals surface area contributed by atoms with E-state index in [2.05, 4.69) is 56.0 Å². The Hall–Kier alpha value is -1.34. The zero-order valence-corrected chi connectivity index (χ0v) is 18.7. The molecule has 3 rings (SSSR count). The molecule has 0 unspecified atom stereocenters. The van der Waals surface area contributed by atoms with Gasteiger partial charge in [0.1, 0.15) is 0 Å². The van der Waals surface area contributed by atoms with E-state index >= 15 is 0 Å². The summed E-state index contributed by atoms with van der Waals surface area (Å²) in [5.74, 6) is 3.55. The van der Waals surface area contributed by atoms with Gasteiger partial charge in [0.05, 0.1) is 13.2 Å². The van der Waals surface area contributed by atoms with Crippen LogP contribution in [0, 0.1) is 17.8 Å². The minimum Gasteiger partial charge on any atom is -0.373 e. The minimum absolute atomic E-state index is 0.718. The highest BCUT2D eigenvalue weighted by atomic mass is 16.5. The summed E-state index contributed by atoms with van der Waals surface area (Å²) in [6.45, 7) is 7.57. The Morgan fingerprint density at radius 2 is 1.48 bits per heavy atom. The van der Waals surface area contributed by atoms with Crippen LogP contribution in [0.15, 0.2) is 49.1 Å². The van der Waals surface area contributed by atoms with E-state index in [4.69, 9.17) is 4.74 Å². The van der Waals surface area contributed by atoms with Gasteiger partial charge in [-0.1, -0.05) is 62.3 Å². The molecule has 0 amide bonds. The molecule has 0 heterocycles. The van der Waals surface area contributed by atoms with Crippen molar-refractivity contribution >= 4 is 0 Å². The highest BCUT2D eigenvalue weighted by Crippen LogP contribution is 2.39. The third-order valence-corrected chi connectivity index (χ3v) is 7.39. The molecule has 1 heteroatoms. The number of ether oxygens (including phenoxy) is 1. The second-order valence-electron chi connectivity index (χ2n) is 9.45. The van der Waals surface area contributed by atoms with Crippen LogP contribution >= 0.6 is 0 Å². The van der Waals surface area contributed by atoms with E-state index in [0.29, 0.717) is 0 Å². The molecular weight excluding hydrogens is 352 g/mol. The van der Waals surface area contributed by atoms with Crippen molar-refractivity contribution in [3.8, 4) is 0 Å². The van der Waals surface area contributed by atoms with Crippen molar-refractivity contribution in [2.24, 2.45) is 17.8 Å². The monoisotopic (exact) mass is 394 g/mol. The fraction of sp³-hybridized carbons (Fsp3) is 0.643. The summed E-state index contributed by atoms with van der Waals surface area (Å²) in [7, 11) is 0. The van der Waals surface area contributed by atoms with Crippen molar-refractivity contribution < 1.29 is 4.74 Å². The topological polar surface area (TPSA) is 9.23 Å². The van der Waals surface area contributed by atoms with Crippen LogP contribution in [0.2, 0.25) is 0 Å². The summed E-state index contributed by atoms with van der Waals surface area (Å²) in [4.78, 5) is 0. The molecule has 1 nitrogen and oxygen atoms in total.